The molecule has 0 atom stereocenters. The van der Waals surface area contributed by atoms with Crippen LogP contribution in [0.25, 0.3) is 0 Å². The van der Waals surface area contributed by atoms with Gasteiger partial charge in [-0.25, -0.2) is 21.2 Å². The van der Waals surface area contributed by atoms with Crippen molar-refractivity contribution in [3.8, 4) is 0 Å². The van der Waals surface area contributed by atoms with Crippen LogP contribution >= 0.6 is 0 Å². The van der Waals surface area contributed by atoms with E-state index in [9.17, 15) is 21.2 Å². The van der Waals surface area contributed by atoms with Gasteiger partial charge in [0.2, 0.25) is 10.0 Å². The van der Waals surface area contributed by atoms with E-state index in [1.807, 2.05) is 19.0 Å². The predicted octanol–water partition coefficient (Wildman–Crippen LogP) is 2.37. The van der Waals surface area contributed by atoms with Crippen LogP contribution in [-0.4, -0.2) is 59.0 Å². The summed E-state index contributed by atoms with van der Waals surface area (Å²) in [6, 6.07) is 11.2. The van der Waals surface area contributed by atoms with E-state index in [4.69, 9.17) is 0 Å². The lowest BCUT2D eigenvalue weighted by molar-refractivity contribution is 0.326. The number of rotatable bonds is 9. The van der Waals surface area contributed by atoms with Gasteiger partial charge in [0.25, 0.3) is 0 Å². The van der Waals surface area contributed by atoms with Crippen LogP contribution in [0.3, 0.4) is 0 Å². The second kappa shape index (κ2) is 9.13. The lowest BCUT2D eigenvalue weighted by atomic mass is 10.2. The minimum atomic E-state index is -3.94. The summed E-state index contributed by atoms with van der Waals surface area (Å²) in [4.78, 5) is 1.88. The molecule has 0 unspecified atom stereocenters. The van der Waals surface area contributed by atoms with E-state index in [0.717, 1.165) is 0 Å². The third-order valence-corrected chi connectivity index (χ3v) is 7.91. The molecular weight excluding hydrogens is 403 g/mol. The van der Waals surface area contributed by atoms with E-state index >= 15 is 0 Å². The smallest absolute Gasteiger partial charge is 0.243 e. The molecule has 0 radical (unpaired) electrons. The van der Waals surface area contributed by atoms with Gasteiger partial charge in [-0.1, -0.05) is 25.1 Å². The van der Waals surface area contributed by atoms with Crippen molar-refractivity contribution in [2.24, 2.45) is 0 Å². The number of benzene rings is 2. The molecule has 154 valence electrons. The van der Waals surface area contributed by atoms with Gasteiger partial charge in [-0.15, -0.1) is 0 Å². The van der Waals surface area contributed by atoms with Gasteiger partial charge in [-0.05, 0) is 44.4 Å². The summed E-state index contributed by atoms with van der Waals surface area (Å²) >= 11 is 0. The van der Waals surface area contributed by atoms with Crippen LogP contribution < -0.4 is 0 Å². The average Bonchev–Trinajstić information content (AvgIpc) is 2.66. The Kier molecular flexibility index (Phi) is 7.33. The van der Waals surface area contributed by atoms with Crippen molar-refractivity contribution in [2.75, 3.05) is 32.9 Å². The lowest BCUT2D eigenvalue weighted by Gasteiger charge is -2.24. The van der Waals surface area contributed by atoms with Crippen LogP contribution in [0.1, 0.15) is 12.5 Å². The second-order valence-electron chi connectivity index (χ2n) is 6.61. The number of sulfone groups is 1. The molecule has 28 heavy (non-hydrogen) atoms. The Morgan fingerprint density at radius 3 is 1.96 bits per heavy atom. The highest BCUT2D eigenvalue weighted by Crippen LogP contribution is 2.22. The Morgan fingerprint density at radius 1 is 0.857 bits per heavy atom. The molecule has 0 aromatic heterocycles. The van der Waals surface area contributed by atoms with Gasteiger partial charge in [0.15, 0.2) is 9.84 Å². The molecule has 0 saturated carbocycles. The van der Waals surface area contributed by atoms with Gasteiger partial charge in [0.1, 0.15) is 5.82 Å². The largest absolute Gasteiger partial charge is 0.308 e. The molecule has 0 bridgehead atoms. The summed E-state index contributed by atoms with van der Waals surface area (Å²) in [5.74, 6) is -0.543. The molecule has 0 fully saturated rings. The maximum atomic E-state index is 14.1. The summed E-state index contributed by atoms with van der Waals surface area (Å²) in [6.07, 6.45) is 0. The lowest BCUT2D eigenvalue weighted by Crippen LogP contribution is -2.36. The average molecular weight is 429 g/mol. The number of sulfonamides is 1. The third-order valence-electron chi connectivity index (χ3n) is 4.30. The molecule has 6 nitrogen and oxygen atoms in total. The third kappa shape index (κ3) is 5.38. The van der Waals surface area contributed by atoms with E-state index in [0.29, 0.717) is 6.54 Å². The zero-order chi connectivity index (χ0) is 20.9. The Morgan fingerprint density at radius 2 is 1.43 bits per heavy atom. The normalized spacial score (nSPS) is 12.6. The Bertz CT molecular complexity index is 1000. The van der Waals surface area contributed by atoms with Gasteiger partial charge in [-0.2, -0.15) is 4.31 Å². The van der Waals surface area contributed by atoms with Gasteiger partial charge < -0.3 is 4.90 Å². The van der Waals surface area contributed by atoms with Gasteiger partial charge in [-0.3, -0.25) is 0 Å². The van der Waals surface area contributed by atoms with Crippen LogP contribution in [0.2, 0.25) is 0 Å². The molecule has 0 N–H and O–H groups in total. The van der Waals surface area contributed by atoms with E-state index in [1.165, 1.54) is 41.6 Å². The molecule has 0 spiro atoms. The molecule has 0 aliphatic carbocycles. The fourth-order valence-electron chi connectivity index (χ4n) is 2.55. The molecule has 0 saturated heterocycles. The van der Waals surface area contributed by atoms with Gasteiger partial charge in [0.05, 0.1) is 15.5 Å². The summed E-state index contributed by atoms with van der Waals surface area (Å²) in [7, 11) is -3.72. The number of nitrogens with zero attached hydrogens (tertiary/aromatic N) is 2. The van der Waals surface area contributed by atoms with Gasteiger partial charge >= 0.3 is 0 Å². The number of hydrogen-bond acceptors (Lipinski definition) is 5. The molecule has 0 aliphatic rings. The highest BCUT2D eigenvalue weighted by Gasteiger charge is 2.26. The van der Waals surface area contributed by atoms with Gasteiger partial charge in [0, 0.05) is 25.2 Å². The van der Waals surface area contributed by atoms with Crippen molar-refractivity contribution in [3.63, 3.8) is 0 Å². The van der Waals surface area contributed by atoms with Crippen LogP contribution in [0.5, 0.6) is 0 Å². The molecule has 0 amide bonds. The summed E-state index contributed by atoms with van der Waals surface area (Å²) in [5, 5.41) is 0. The summed E-state index contributed by atoms with van der Waals surface area (Å²) in [5.41, 5.74) is 0.273. The SMILES string of the molecule is CCS(=O)(=O)c1ccc(S(=O)(=O)N(CCN(C)C)Cc2ccccc2F)cc1. The Hall–Kier alpha value is -1.81. The first-order chi connectivity index (χ1) is 13.1. The molecular formula is C19H25FN2O4S2. The zero-order valence-corrected chi connectivity index (χ0v) is 17.8. The molecule has 2 aromatic rings. The number of hydrogen-bond donors (Lipinski definition) is 0. The standard InChI is InChI=1S/C19H25FN2O4S2/c1-4-27(23,24)17-9-11-18(12-10-17)28(25,26)22(14-13-21(2)3)15-16-7-5-6-8-19(16)20/h5-12H,4,13-15H2,1-3H3. The van der Waals surface area contributed by atoms with Crippen molar-refractivity contribution < 1.29 is 21.2 Å². The van der Waals surface area contributed by atoms with E-state index < -0.39 is 25.7 Å². The predicted molar refractivity (Wildman–Crippen MR) is 107 cm³/mol. The maximum absolute atomic E-state index is 14.1. The monoisotopic (exact) mass is 428 g/mol. The molecule has 2 rings (SSSR count). The highest BCUT2D eigenvalue weighted by molar-refractivity contribution is 7.91. The quantitative estimate of drug-likeness (QED) is 0.613. The maximum Gasteiger partial charge on any atom is 0.243 e. The summed E-state index contributed by atoms with van der Waals surface area (Å²) < 4.78 is 65.4. The second-order valence-corrected chi connectivity index (χ2v) is 10.8. The Labute approximate surface area is 166 Å². The first kappa shape index (κ1) is 22.5. The van der Waals surface area contributed by atoms with Crippen molar-refractivity contribution in [1.82, 2.24) is 9.21 Å². The minimum absolute atomic E-state index is 0.0300. The fourth-order valence-corrected chi connectivity index (χ4v) is 4.84. The van der Waals surface area contributed by atoms with Crippen LogP contribution in [0, 0.1) is 5.82 Å². The van der Waals surface area contributed by atoms with Crippen LogP contribution in [0.15, 0.2) is 58.3 Å². The molecule has 2 aromatic carbocycles. The summed E-state index contributed by atoms with van der Waals surface area (Å²) in [6.45, 7) is 2.03. The number of halogens is 1. The van der Waals surface area contributed by atoms with Crippen LogP contribution in [0.4, 0.5) is 4.39 Å². The van der Waals surface area contributed by atoms with Crippen molar-refractivity contribution >= 4 is 19.9 Å². The topological polar surface area (TPSA) is 74.8 Å². The minimum Gasteiger partial charge on any atom is -0.308 e. The first-order valence-electron chi connectivity index (χ1n) is 8.79. The highest BCUT2D eigenvalue weighted by atomic mass is 32.2. The molecule has 9 heteroatoms. The van der Waals surface area contributed by atoms with Crippen LogP contribution in [-0.2, 0) is 26.4 Å². The molecule has 0 heterocycles. The fraction of sp³-hybridized carbons (Fsp3) is 0.368. The van der Waals surface area contributed by atoms with Crippen molar-refractivity contribution in [3.05, 3.63) is 59.9 Å². The zero-order valence-electron chi connectivity index (χ0n) is 16.2. The first-order valence-corrected chi connectivity index (χ1v) is 11.9. The van der Waals surface area contributed by atoms with E-state index in [2.05, 4.69) is 0 Å². The Balaban J connectivity index is 2.38. The van der Waals surface area contributed by atoms with E-state index in [1.54, 1.807) is 18.2 Å². The number of likely N-dealkylation sites (N-methyl/N-ethyl adjacent to an activating group) is 1. The molecule has 0 aliphatic heterocycles. The van der Waals surface area contributed by atoms with Crippen molar-refractivity contribution in [2.45, 2.75) is 23.3 Å². The van der Waals surface area contributed by atoms with E-state index in [-0.39, 0.29) is 34.2 Å². The van der Waals surface area contributed by atoms with Crippen molar-refractivity contribution in [1.29, 1.82) is 0 Å².